The van der Waals surface area contributed by atoms with Crippen molar-refractivity contribution in [1.29, 1.82) is 0 Å². The minimum Gasteiger partial charge on any atom is -0.383 e. The van der Waals surface area contributed by atoms with Gasteiger partial charge in [0, 0.05) is 17.6 Å². The van der Waals surface area contributed by atoms with Crippen LogP contribution in [0.15, 0.2) is 39.9 Å². The largest absolute Gasteiger partial charge is 0.383 e. The maximum absolute atomic E-state index is 12.8. The number of hydrogen-bond donors (Lipinski definition) is 1. The summed E-state index contributed by atoms with van der Waals surface area (Å²) in [5, 5.41) is 0.574. The van der Waals surface area contributed by atoms with E-state index >= 15 is 0 Å². The molecule has 0 aliphatic carbocycles. The lowest BCUT2D eigenvalue weighted by atomic mass is 10.0. The summed E-state index contributed by atoms with van der Waals surface area (Å²) >= 11 is 1.43. The van der Waals surface area contributed by atoms with E-state index in [0.29, 0.717) is 16.8 Å². The number of nitrogens with one attached hydrogen (secondary N) is 1. The molecule has 2 heterocycles. The number of aryl methyl sites for hydroxylation is 1. The molecular formula is C16H16N2O3S. The van der Waals surface area contributed by atoms with Crippen molar-refractivity contribution in [2.24, 2.45) is 0 Å². The van der Waals surface area contributed by atoms with Gasteiger partial charge in [-0.25, -0.2) is 4.79 Å². The molecule has 0 saturated heterocycles. The van der Waals surface area contributed by atoms with E-state index in [4.69, 9.17) is 4.74 Å². The second-order valence-corrected chi connectivity index (χ2v) is 6.21. The number of thiophene rings is 1. The van der Waals surface area contributed by atoms with E-state index in [1.807, 2.05) is 37.3 Å². The summed E-state index contributed by atoms with van der Waals surface area (Å²) in [4.78, 5) is 29.3. The molecule has 114 valence electrons. The van der Waals surface area contributed by atoms with Crippen molar-refractivity contribution in [3.63, 3.8) is 0 Å². The Morgan fingerprint density at radius 1 is 1.23 bits per heavy atom. The second kappa shape index (κ2) is 5.90. The third-order valence-corrected chi connectivity index (χ3v) is 4.61. The molecule has 22 heavy (non-hydrogen) atoms. The first-order valence-corrected chi connectivity index (χ1v) is 7.75. The Kier molecular flexibility index (Phi) is 3.96. The quantitative estimate of drug-likeness (QED) is 0.804. The number of benzene rings is 1. The minimum atomic E-state index is -0.393. The summed E-state index contributed by atoms with van der Waals surface area (Å²) in [6.45, 7) is 2.52. The van der Waals surface area contributed by atoms with Crippen molar-refractivity contribution in [3.05, 3.63) is 56.0 Å². The van der Waals surface area contributed by atoms with E-state index in [0.717, 1.165) is 16.0 Å². The Morgan fingerprint density at radius 3 is 2.64 bits per heavy atom. The van der Waals surface area contributed by atoms with E-state index in [1.165, 1.54) is 15.9 Å². The van der Waals surface area contributed by atoms with E-state index in [1.54, 1.807) is 7.11 Å². The average Bonchev–Trinajstić information content (AvgIpc) is 2.84. The smallest absolute Gasteiger partial charge is 0.329 e. The molecule has 2 aromatic heterocycles. The highest BCUT2D eigenvalue weighted by molar-refractivity contribution is 7.19. The zero-order chi connectivity index (χ0) is 15.7. The Morgan fingerprint density at radius 2 is 1.95 bits per heavy atom. The molecular weight excluding hydrogens is 300 g/mol. The standard InChI is InChI=1S/C16H16N2O3S/c1-10-12(11-6-4-3-5-7-11)13-14(22-10)17-16(20)18(15(13)19)8-9-21-2/h3-7H,8-9H2,1-2H3,(H,17,20). The predicted molar refractivity (Wildman–Crippen MR) is 88.8 cm³/mol. The number of aromatic amines is 1. The van der Waals surface area contributed by atoms with Gasteiger partial charge in [0.2, 0.25) is 0 Å². The first kappa shape index (κ1) is 14.7. The number of H-pyrrole nitrogens is 1. The molecule has 0 saturated carbocycles. The lowest BCUT2D eigenvalue weighted by Gasteiger charge is -2.05. The molecule has 3 rings (SSSR count). The van der Waals surface area contributed by atoms with Crippen molar-refractivity contribution in [3.8, 4) is 11.1 Å². The van der Waals surface area contributed by atoms with Gasteiger partial charge in [-0.05, 0) is 12.5 Å². The first-order valence-electron chi connectivity index (χ1n) is 6.94. The van der Waals surface area contributed by atoms with E-state index in [9.17, 15) is 9.59 Å². The predicted octanol–water partition coefficient (Wildman–Crippen LogP) is 2.37. The van der Waals surface area contributed by atoms with E-state index in [2.05, 4.69) is 4.98 Å². The van der Waals surface area contributed by atoms with Crippen LogP contribution in [0.1, 0.15) is 4.88 Å². The van der Waals surface area contributed by atoms with Gasteiger partial charge < -0.3 is 4.74 Å². The zero-order valence-corrected chi connectivity index (χ0v) is 13.2. The molecule has 1 N–H and O–H groups in total. The lowest BCUT2D eigenvalue weighted by molar-refractivity contribution is 0.185. The summed E-state index contributed by atoms with van der Waals surface area (Å²) in [5.74, 6) is 0. The molecule has 0 aliphatic rings. The summed E-state index contributed by atoms with van der Waals surface area (Å²) in [7, 11) is 1.54. The Balaban J connectivity index is 2.33. The van der Waals surface area contributed by atoms with Crippen molar-refractivity contribution in [2.75, 3.05) is 13.7 Å². The molecule has 0 aliphatic heterocycles. The summed E-state index contributed by atoms with van der Waals surface area (Å²) in [5.41, 5.74) is 1.22. The number of hydrogen-bond acceptors (Lipinski definition) is 4. The molecule has 5 nitrogen and oxygen atoms in total. The van der Waals surface area contributed by atoms with Crippen LogP contribution in [0.4, 0.5) is 0 Å². The number of ether oxygens (including phenoxy) is 1. The maximum atomic E-state index is 12.8. The Labute approximate surface area is 130 Å². The fraction of sp³-hybridized carbons (Fsp3) is 0.250. The molecule has 3 aromatic rings. The Hall–Kier alpha value is -2.18. The number of methoxy groups -OCH3 is 1. The second-order valence-electron chi connectivity index (χ2n) is 4.98. The van der Waals surface area contributed by atoms with Gasteiger partial charge in [-0.1, -0.05) is 30.3 Å². The highest BCUT2D eigenvalue weighted by Gasteiger charge is 2.17. The fourth-order valence-electron chi connectivity index (χ4n) is 2.57. The summed E-state index contributed by atoms with van der Waals surface area (Å²) in [6, 6.07) is 9.75. The number of rotatable bonds is 4. The molecule has 0 radical (unpaired) electrons. The van der Waals surface area contributed by atoms with Crippen LogP contribution < -0.4 is 11.2 Å². The molecule has 0 spiro atoms. The molecule has 6 heteroatoms. The summed E-state index contributed by atoms with van der Waals surface area (Å²) < 4.78 is 6.18. The van der Waals surface area contributed by atoms with Crippen LogP contribution in [0.3, 0.4) is 0 Å². The SMILES string of the molecule is COCCn1c(=O)[nH]c2sc(C)c(-c3ccccc3)c2c1=O. The average molecular weight is 316 g/mol. The number of fused-ring (bicyclic) bond motifs is 1. The molecule has 0 fully saturated rings. The highest BCUT2D eigenvalue weighted by atomic mass is 32.1. The minimum absolute atomic E-state index is 0.240. The van der Waals surface area contributed by atoms with Gasteiger partial charge >= 0.3 is 5.69 Å². The zero-order valence-electron chi connectivity index (χ0n) is 12.4. The van der Waals surface area contributed by atoms with Gasteiger partial charge in [-0.2, -0.15) is 0 Å². The van der Waals surface area contributed by atoms with Gasteiger partial charge in [0.15, 0.2) is 0 Å². The monoisotopic (exact) mass is 316 g/mol. The lowest BCUT2D eigenvalue weighted by Crippen LogP contribution is -2.35. The van der Waals surface area contributed by atoms with E-state index in [-0.39, 0.29) is 12.1 Å². The molecule has 0 amide bonds. The molecule has 0 atom stereocenters. The van der Waals surface area contributed by atoms with Crippen LogP contribution in [-0.4, -0.2) is 23.3 Å². The topological polar surface area (TPSA) is 64.1 Å². The summed E-state index contributed by atoms with van der Waals surface area (Å²) in [6.07, 6.45) is 0. The third-order valence-electron chi connectivity index (χ3n) is 3.59. The van der Waals surface area contributed by atoms with Gasteiger partial charge in [0.25, 0.3) is 5.56 Å². The molecule has 1 aromatic carbocycles. The van der Waals surface area contributed by atoms with Crippen molar-refractivity contribution in [1.82, 2.24) is 9.55 Å². The van der Waals surface area contributed by atoms with Gasteiger partial charge in [-0.3, -0.25) is 14.3 Å². The van der Waals surface area contributed by atoms with Crippen molar-refractivity contribution >= 4 is 21.6 Å². The first-order chi connectivity index (χ1) is 10.6. The van der Waals surface area contributed by atoms with Crippen LogP contribution in [0.5, 0.6) is 0 Å². The van der Waals surface area contributed by atoms with Crippen LogP contribution >= 0.6 is 11.3 Å². The van der Waals surface area contributed by atoms with Crippen LogP contribution in [-0.2, 0) is 11.3 Å². The van der Waals surface area contributed by atoms with E-state index < -0.39 is 5.69 Å². The third kappa shape index (κ3) is 2.40. The normalized spacial score (nSPS) is 11.2. The number of aromatic nitrogens is 2. The Bertz CT molecular complexity index is 922. The van der Waals surface area contributed by atoms with Gasteiger partial charge in [0.1, 0.15) is 4.83 Å². The maximum Gasteiger partial charge on any atom is 0.329 e. The van der Waals surface area contributed by atoms with Crippen molar-refractivity contribution in [2.45, 2.75) is 13.5 Å². The van der Waals surface area contributed by atoms with Gasteiger partial charge in [-0.15, -0.1) is 11.3 Å². The van der Waals surface area contributed by atoms with Crippen LogP contribution in [0.2, 0.25) is 0 Å². The molecule has 0 unspecified atom stereocenters. The van der Waals surface area contributed by atoms with Gasteiger partial charge in [0.05, 0.1) is 18.5 Å². The van der Waals surface area contributed by atoms with Crippen LogP contribution in [0.25, 0.3) is 21.3 Å². The highest BCUT2D eigenvalue weighted by Crippen LogP contribution is 2.34. The molecule has 0 bridgehead atoms. The number of nitrogens with zero attached hydrogens (tertiary/aromatic N) is 1. The van der Waals surface area contributed by atoms with Crippen LogP contribution in [0, 0.1) is 6.92 Å². The fourth-order valence-corrected chi connectivity index (χ4v) is 3.62. The van der Waals surface area contributed by atoms with Crippen molar-refractivity contribution < 1.29 is 4.74 Å².